The second-order valence-corrected chi connectivity index (χ2v) is 12.4. The molecule has 240 valence electrons. The third-order valence-electron chi connectivity index (χ3n) is 9.83. The Labute approximate surface area is 279 Å². The topological polar surface area (TPSA) is 0 Å². The second kappa shape index (κ2) is 11.8. The Kier molecular flexibility index (Phi) is 7.40. The molecule has 49 heavy (non-hydrogen) atoms. The Morgan fingerprint density at radius 1 is 0.306 bits per heavy atom. The van der Waals surface area contributed by atoms with Gasteiger partial charge in [0.2, 0.25) is 0 Å². The van der Waals surface area contributed by atoms with E-state index in [9.17, 15) is 26.3 Å². The highest BCUT2D eigenvalue weighted by atomic mass is 19.1. The number of rotatable bonds is 6. The van der Waals surface area contributed by atoms with E-state index in [1.54, 1.807) is 72.8 Å². The molecule has 0 bridgehead atoms. The van der Waals surface area contributed by atoms with Crippen LogP contribution in [-0.4, -0.2) is 0 Å². The summed E-state index contributed by atoms with van der Waals surface area (Å²) >= 11 is 0. The molecule has 2 aliphatic rings. The lowest BCUT2D eigenvalue weighted by molar-refractivity contribution is 0.623. The first kappa shape index (κ1) is 30.7. The van der Waals surface area contributed by atoms with Crippen molar-refractivity contribution in [2.24, 2.45) is 11.8 Å². The van der Waals surface area contributed by atoms with Gasteiger partial charge in [-0.1, -0.05) is 72.8 Å². The van der Waals surface area contributed by atoms with Crippen molar-refractivity contribution in [1.82, 2.24) is 0 Å². The van der Waals surface area contributed by atoms with Gasteiger partial charge in [0, 0.05) is 17.3 Å². The Morgan fingerprint density at radius 2 is 0.510 bits per heavy atom. The Balaban J connectivity index is 1.53. The molecule has 2 fully saturated rings. The van der Waals surface area contributed by atoms with Crippen LogP contribution in [0.15, 0.2) is 157 Å². The van der Waals surface area contributed by atoms with Gasteiger partial charge in [0.15, 0.2) is 0 Å². The summed E-state index contributed by atoms with van der Waals surface area (Å²) in [5.41, 5.74) is 6.70. The minimum atomic E-state index is -0.789. The van der Waals surface area contributed by atoms with Crippen LogP contribution >= 0.6 is 0 Å². The highest BCUT2D eigenvalue weighted by Gasteiger charge is 2.76. The summed E-state index contributed by atoms with van der Waals surface area (Å²) in [5.74, 6) is -2.99. The van der Waals surface area contributed by atoms with Gasteiger partial charge in [0.05, 0.1) is 0 Å². The summed E-state index contributed by atoms with van der Waals surface area (Å²) in [7, 11) is 0. The van der Waals surface area contributed by atoms with Gasteiger partial charge in [-0.15, -0.1) is 0 Å². The van der Waals surface area contributed by atoms with Gasteiger partial charge in [-0.3, -0.25) is 0 Å². The van der Waals surface area contributed by atoms with E-state index in [4.69, 9.17) is 0 Å². The van der Waals surface area contributed by atoms with Crippen molar-refractivity contribution in [2.75, 3.05) is 0 Å². The van der Waals surface area contributed by atoms with Gasteiger partial charge < -0.3 is 0 Å². The predicted octanol–water partition coefficient (Wildman–Crippen LogP) is 11.1. The fourth-order valence-corrected chi connectivity index (χ4v) is 7.75. The number of hydrogen-bond donors (Lipinski definition) is 0. The lowest BCUT2D eigenvalue weighted by Gasteiger charge is -2.30. The van der Waals surface area contributed by atoms with Gasteiger partial charge in [-0.25, -0.2) is 26.3 Å². The van der Waals surface area contributed by atoms with Crippen LogP contribution < -0.4 is 0 Å². The maximum absolute atomic E-state index is 14.4. The fourth-order valence-electron chi connectivity index (χ4n) is 7.75. The van der Waals surface area contributed by atoms with Gasteiger partial charge in [0.1, 0.15) is 34.9 Å². The molecular weight excluding hydrogens is 630 g/mol. The highest BCUT2D eigenvalue weighted by molar-refractivity contribution is 5.98. The van der Waals surface area contributed by atoms with Crippen LogP contribution in [0.2, 0.25) is 0 Å². The molecule has 0 spiro atoms. The number of benzene rings is 6. The normalized spacial score (nSPS) is 17.3. The van der Waals surface area contributed by atoms with Crippen LogP contribution in [0.25, 0.3) is 11.1 Å². The largest absolute Gasteiger partial charge is 0.207 e. The van der Waals surface area contributed by atoms with Gasteiger partial charge in [-0.2, -0.15) is 0 Å². The van der Waals surface area contributed by atoms with E-state index < -0.39 is 40.3 Å². The lowest BCUT2D eigenvalue weighted by Crippen LogP contribution is -2.15. The first-order valence-electron chi connectivity index (χ1n) is 15.8. The Hall–Kier alpha value is -5.62. The highest BCUT2D eigenvalue weighted by Crippen LogP contribution is 2.81. The van der Waals surface area contributed by atoms with E-state index in [0.717, 1.165) is 33.4 Å². The third kappa shape index (κ3) is 5.10. The number of allylic oxidation sites excluding steroid dienone is 2. The van der Waals surface area contributed by atoms with E-state index in [1.165, 1.54) is 72.8 Å². The van der Waals surface area contributed by atoms with Crippen LogP contribution in [0.5, 0.6) is 0 Å². The summed E-state index contributed by atoms with van der Waals surface area (Å²) in [6, 6.07) is 36.7. The number of halogens is 6. The smallest absolute Gasteiger partial charge is 0.123 e. The summed E-state index contributed by atoms with van der Waals surface area (Å²) in [6.45, 7) is 0. The van der Waals surface area contributed by atoms with E-state index >= 15 is 0 Å². The zero-order chi connectivity index (χ0) is 33.9. The first-order valence-corrected chi connectivity index (χ1v) is 15.8. The molecule has 8 rings (SSSR count). The average molecular weight is 657 g/mol. The van der Waals surface area contributed by atoms with Crippen LogP contribution in [0.4, 0.5) is 26.3 Å². The quantitative estimate of drug-likeness (QED) is 0.157. The summed E-state index contributed by atoms with van der Waals surface area (Å²) in [6.07, 6.45) is 0. The molecular formula is C43H26F6. The molecule has 0 nitrogen and oxygen atoms in total. The molecule has 0 saturated heterocycles. The molecule has 6 heteroatoms. The molecule has 2 atom stereocenters. The maximum atomic E-state index is 14.4. The molecule has 0 N–H and O–H groups in total. The predicted molar refractivity (Wildman–Crippen MR) is 178 cm³/mol. The van der Waals surface area contributed by atoms with Crippen LogP contribution in [0.1, 0.15) is 33.4 Å². The van der Waals surface area contributed by atoms with Crippen molar-refractivity contribution in [1.29, 1.82) is 0 Å². The number of hydrogen-bond acceptors (Lipinski definition) is 0. The Bertz CT molecular complexity index is 1970. The zero-order valence-corrected chi connectivity index (χ0v) is 25.8. The van der Waals surface area contributed by atoms with E-state index in [0.29, 0.717) is 22.3 Å². The Morgan fingerprint density at radius 3 is 0.735 bits per heavy atom. The molecule has 0 amide bonds. The molecule has 0 aromatic heterocycles. The second-order valence-electron chi connectivity index (χ2n) is 12.4. The first-order chi connectivity index (χ1) is 23.8. The van der Waals surface area contributed by atoms with Crippen molar-refractivity contribution in [3.05, 3.63) is 225 Å². The van der Waals surface area contributed by atoms with Crippen molar-refractivity contribution in [2.45, 2.75) is 5.41 Å². The van der Waals surface area contributed by atoms with Gasteiger partial charge in [-0.05, 0) is 128 Å². The summed E-state index contributed by atoms with van der Waals surface area (Å²) in [5, 5.41) is 0. The van der Waals surface area contributed by atoms with Gasteiger partial charge in [0.25, 0.3) is 0 Å². The van der Waals surface area contributed by atoms with E-state index in [1.807, 2.05) is 0 Å². The summed E-state index contributed by atoms with van der Waals surface area (Å²) in [4.78, 5) is 0. The van der Waals surface area contributed by atoms with Gasteiger partial charge >= 0.3 is 0 Å². The standard InChI is InChI=1S/C43H26F6/c44-31-13-1-25(2-14-31)37(26-3-15-32(45)16-4-26)39-40(38(27-5-17-33(46)18-6-27)28-7-19-34(47)20-8-28)42-41(39)43(42,29-9-21-35(48)22-10-29)30-11-23-36(49)24-12-30/h1-24,41-42H. The minimum absolute atomic E-state index is 0.237. The van der Waals surface area contributed by atoms with Crippen molar-refractivity contribution >= 4 is 11.1 Å². The molecule has 0 radical (unpaired) electrons. The zero-order valence-electron chi connectivity index (χ0n) is 25.8. The lowest BCUT2D eigenvalue weighted by atomic mass is 9.73. The van der Waals surface area contributed by atoms with Crippen molar-refractivity contribution < 1.29 is 26.3 Å². The molecule has 2 unspecified atom stereocenters. The van der Waals surface area contributed by atoms with Crippen LogP contribution in [0, 0.1) is 46.7 Å². The molecule has 2 saturated carbocycles. The van der Waals surface area contributed by atoms with E-state index in [2.05, 4.69) is 0 Å². The molecule has 6 aromatic carbocycles. The molecule has 0 heterocycles. The minimum Gasteiger partial charge on any atom is -0.207 e. The SMILES string of the molecule is Fc1ccc(C(=C2C(=C(c3ccc(F)cc3)c3ccc(F)cc3)C3C2C3(c2ccc(F)cc2)c2ccc(F)cc2)c2ccc(F)cc2)cc1. The average Bonchev–Trinajstić information content (AvgIpc) is 3.71. The molecule has 2 aliphatic carbocycles. The van der Waals surface area contributed by atoms with E-state index in [-0.39, 0.29) is 11.8 Å². The van der Waals surface area contributed by atoms with Crippen LogP contribution in [0.3, 0.4) is 0 Å². The van der Waals surface area contributed by atoms with Crippen molar-refractivity contribution in [3.63, 3.8) is 0 Å². The molecule has 0 aliphatic heterocycles. The van der Waals surface area contributed by atoms with Crippen molar-refractivity contribution in [3.8, 4) is 0 Å². The maximum Gasteiger partial charge on any atom is 0.123 e. The third-order valence-corrected chi connectivity index (χ3v) is 9.83. The monoisotopic (exact) mass is 656 g/mol. The number of fused-ring (bicyclic) bond motifs is 1. The summed E-state index contributed by atoms with van der Waals surface area (Å²) < 4.78 is 86.1. The fraction of sp³-hybridized carbons (Fsp3) is 0.0698. The molecule has 6 aromatic rings. The van der Waals surface area contributed by atoms with Crippen LogP contribution in [-0.2, 0) is 5.41 Å².